The Hall–Kier alpha value is -1.69. The summed E-state index contributed by atoms with van der Waals surface area (Å²) in [4.78, 5) is 12.4. The highest BCUT2D eigenvalue weighted by molar-refractivity contribution is 5.83. The number of carbonyl (C=O) groups excluding carboxylic acids is 1. The van der Waals surface area contributed by atoms with E-state index in [9.17, 15) is 4.79 Å². The third kappa shape index (κ3) is 2.28. The molecule has 0 radical (unpaired) electrons. The molecule has 3 nitrogen and oxygen atoms in total. The van der Waals surface area contributed by atoms with E-state index in [1.54, 1.807) is 0 Å². The van der Waals surface area contributed by atoms with Gasteiger partial charge in [0.05, 0.1) is 12.0 Å². The lowest BCUT2D eigenvalue weighted by molar-refractivity contribution is -0.134. The molecule has 2 rings (SSSR count). The van der Waals surface area contributed by atoms with Crippen LogP contribution in [-0.4, -0.2) is 17.0 Å². The molecule has 1 aliphatic carbocycles. The number of hydrogen-bond donors (Lipinski definition) is 1. The molecule has 2 unspecified atom stereocenters. The summed E-state index contributed by atoms with van der Waals surface area (Å²) in [7, 11) is 0. The molecule has 1 saturated carbocycles. The molecule has 0 aliphatic heterocycles. The van der Waals surface area contributed by atoms with Crippen molar-refractivity contribution < 1.29 is 4.79 Å². The highest BCUT2D eigenvalue weighted by Gasteiger charge is 2.43. The minimum atomic E-state index is -0.353. The standard InChI is InChI=1S/C15H20N2O/c1-3-10-16-14(18)15(2)9-5-4-8-13(15)17-11-6-7-12-17/h1,6-7,11-13H,4-5,8-10H2,2H3,(H,16,18). The molecule has 1 aromatic rings. The van der Waals surface area contributed by atoms with Gasteiger partial charge in [-0.15, -0.1) is 6.42 Å². The van der Waals surface area contributed by atoms with Gasteiger partial charge in [0.25, 0.3) is 0 Å². The first-order valence-electron chi connectivity index (χ1n) is 6.52. The van der Waals surface area contributed by atoms with Gasteiger partial charge >= 0.3 is 0 Å². The lowest BCUT2D eigenvalue weighted by atomic mass is 9.71. The van der Waals surface area contributed by atoms with E-state index in [1.165, 1.54) is 6.42 Å². The zero-order chi connectivity index (χ0) is 13.0. The van der Waals surface area contributed by atoms with Crippen LogP contribution >= 0.6 is 0 Å². The first-order chi connectivity index (χ1) is 8.68. The third-order valence-corrected chi connectivity index (χ3v) is 4.02. The smallest absolute Gasteiger partial charge is 0.228 e. The van der Waals surface area contributed by atoms with E-state index in [-0.39, 0.29) is 17.4 Å². The van der Waals surface area contributed by atoms with Crippen molar-refractivity contribution in [2.75, 3.05) is 6.54 Å². The Labute approximate surface area is 109 Å². The lowest BCUT2D eigenvalue weighted by Crippen LogP contribution is -2.46. The fourth-order valence-electron chi connectivity index (χ4n) is 2.95. The van der Waals surface area contributed by atoms with Crippen molar-refractivity contribution >= 4 is 5.91 Å². The molecule has 1 aliphatic rings. The van der Waals surface area contributed by atoms with Gasteiger partial charge in [-0.1, -0.05) is 18.8 Å². The van der Waals surface area contributed by atoms with Crippen molar-refractivity contribution in [3.8, 4) is 12.3 Å². The van der Waals surface area contributed by atoms with Gasteiger partial charge < -0.3 is 9.88 Å². The van der Waals surface area contributed by atoms with E-state index in [1.807, 2.05) is 24.5 Å². The topological polar surface area (TPSA) is 34.0 Å². The Morgan fingerprint density at radius 1 is 1.50 bits per heavy atom. The number of terminal acetylenes is 1. The summed E-state index contributed by atoms with van der Waals surface area (Å²) in [6.07, 6.45) is 13.6. The summed E-state index contributed by atoms with van der Waals surface area (Å²) in [5.41, 5.74) is -0.353. The molecule has 2 atom stereocenters. The molecule has 1 amide bonds. The summed E-state index contributed by atoms with van der Waals surface area (Å²) in [5, 5.41) is 2.85. The van der Waals surface area contributed by atoms with Crippen LogP contribution in [0.1, 0.15) is 38.6 Å². The van der Waals surface area contributed by atoms with Crippen LogP contribution in [-0.2, 0) is 4.79 Å². The maximum absolute atomic E-state index is 12.4. The number of rotatable bonds is 3. The van der Waals surface area contributed by atoms with Crippen LogP contribution in [0, 0.1) is 17.8 Å². The van der Waals surface area contributed by atoms with Crippen molar-refractivity contribution in [1.82, 2.24) is 9.88 Å². The van der Waals surface area contributed by atoms with Gasteiger partial charge in [-0.3, -0.25) is 4.79 Å². The Kier molecular flexibility index (Phi) is 3.76. The van der Waals surface area contributed by atoms with Crippen LogP contribution in [0.4, 0.5) is 0 Å². The average Bonchev–Trinajstić information content (AvgIpc) is 2.90. The van der Waals surface area contributed by atoms with Crippen LogP contribution in [0.15, 0.2) is 24.5 Å². The summed E-state index contributed by atoms with van der Waals surface area (Å²) in [5.74, 6) is 2.55. The van der Waals surface area contributed by atoms with E-state index < -0.39 is 0 Å². The first-order valence-corrected chi connectivity index (χ1v) is 6.52. The molecule has 1 N–H and O–H groups in total. The van der Waals surface area contributed by atoms with Crippen molar-refractivity contribution in [2.45, 2.75) is 38.6 Å². The highest BCUT2D eigenvalue weighted by atomic mass is 16.2. The monoisotopic (exact) mass is 244 g/mol. The second-order valence-electron chi connectivity index (χ2n) is 5.20. The number of aromatic nitrogens is 1. The van der Waals surface area contributed by atoms with Crippen LogP contribution < -0.4 is 5.32 Å². The second kappa shape index (κ2) is 5.30. The molecular formula is C15H20N2O. The zero-order valence-corrected chi connectivity index (χ0v) is 10.9. The van der Waals surface area contributed by atoms with Crippen molar-refractivity contribution in [2.24, 2.45) is 5.41 Å². The average molecular weight is 244 g/mol. The SMILES string of the molecule is C#CCNC(=O)C1(C)CCCCC1n1cccc1. The molecule has 0 spiro atoms. The van der Waals surface area contributed by atoms with Crippen molar-refractivity contribution in [1.29, 1.82) is 0 Å². The molecular weight excluding hydrogens is 224 g/mol. The largest absolute Gasteiger partial charge is 0.350 e. The van der Waals surface area contributed by atoms with E-state index in [0.29, 0.717) is 6.54 Å². The van der Waals surface area contributed by atoms with E-state index in [0.717, 1.165) is 19.3 Å². The van der Waals surface area contributed by atoms with Crippen molar-refractivity contribution in [3.05, 3.63) is 24.5 Å². The summed E-state index contributed by atoms with van der Waals surface area (Å²) < 4.78 is 2.16. The van der Waals surface area contributed by atoms with E-state index in [2.05, 4.69) is 22.7 Å². The van der Waals surface area contributed by atoms with Crippen LogP contribution in [0.5, 0.6) is 0 Å². The van der Waals surface area contributed by atoms with Gasteiger partial charge in [0.2, 0.25) is 5.91 Å². The van der Waals surface area contributed by atoms with Crippen LogP contribution in [0.25, 0.3) is 0 Å². The fraction of sp³-hybridized carbons (Fsp3) is 0.533. The predicted molar refractivity (Wildman–Crippen MR) is 71.9 cm³/mol. The molecule has 1 aromatic heterocycles. The quantitative estimate of drug-likeness (QED) is 0.814. The molecule has 0 saturated heterocycles. The Bertz CT molecular complexity index is 444. The molecule has 1 heterocycles. The van der Waals surface area contributed by atoms with Gasteiger partial charge in [0.15, 0.2) is 0 Å². The lowest BCUT2D eigenvalue weighted by Gasteiger charge is -2.40. The molecule has 3 heteroatoms. The van der Waals surface area contributed by atoms with E-state index >= 15 is 0 Å². The summed E-state index contributed by atoms with van der Waals surface area (Å²) in [6, 6.07) is 4.25. The molecule has 96 valence electrons. The van der Waals surface area contributed by atoms with E-state index in [4.69, 9.17) is 6.42 Å². The Morgan fingerprint density at radius 3 is 2.89 bits per heavy atom. The summed E-state index contributed by atoms with van der Waals surface area (Å²) in [6.45, 7) is 2.37. The zero-order valence-electron chi connectivity index (χ0n) is 10.9. The van der Waals surface area contributed by atoms with Gasteiger partial charge in [0, 0.05) is 18.4 Å². The van der Waals surface area contributed by atoms with Crippen LogP contribution in [0.3, 0.4) is 0 Å². The Morgan fingerprint density at radius 2 is 2.22 bits per heavy atom. The number of carbonyl (C=O) groups is 1. The van der Waals surface area contributed by atoms with Gasteiger partial charge in [0.1, 0.15) is 0 Å². The number of nitrogens with one attached hydrogen (secondary N) is 1. The third-order valence-electron chi connectivity index (χ3n) is 4.02. The Balaban J connectivity index is 2.21. The maximum atomic E-state index is 12.4. The van der Waals surface area contributed by atoms with Gasteiger partial charge in [-0.05, 0) is 31.9 Å². The number of amides is 1. The minimum absolute atomic E-state index is 0.0823. The summed E-state index contributed by atoms with van der Waals surface area (Å²) >= 11 is 0. The minimum Gasteiger partial charge on any atom is -0.350 e. The van der Waals surface area contributed by atoms with Gasteiger partial charge in [-0.25, -0.2) is 0 Å². The predicted octanol–water partition coefficient (Wildman–Crippen LogP) is 2.36. The van der Waals surface area contributed by atoms with Crippen LogP contribution in [0.2, 0.25) is 0 Å². The molecule has 0 aromatic carbocycles. The number of nitrogens with zero attached hydrogens (tertiary/aromatic N) is 1. The molecule has 1 fully saturated rings. The van der Waals surface area contributed by atoms with Crippen molar-refractivity contribution in [3.63, 3.8) is 0 Å². The highest BCUT2D eigenvalue weighted by Crippen LogP contribution is 2.44. The fourth-order valence-corrected chi connectivity index (χ4v) is 2.95. The number of hydrogen-bond acceptors (Lipinski definition) is 1. The molecule has 0 bridgehead atoms. The van der Waals surface area contributed by atoms with Gasteiger partial charge in [-0.2, -0.15) is 0 Å². The second-order valence-corrected chi connectivity index (χ2v) is 5.20. The molecule has 18 heavy (non-hydrogen) atoms. The maximum Gasteiger partial charge on any atom is 0.228 e. The normalized spacial score (nSPS) is 27.4. The first kappa shape index (κ1) is 12.8.